The minimum absolute atomic E-state index is 0.624. The molecule has 0 fully saturated rings. The van der Waals surface area contributed by atoms with Crippen molar-refractivity contribution in [2.24, 2.45) is 0 Å². The van der Waals surface area contributed by atoms with Crippen LogP contribution < -0.4 is 5.32 Å². The second-order valence-electron chi connectivity index (χ2n) is 4.89. The summed E-state index contributed by atoms with van der Waals surface area (Å²) in [5, 5.41) is 16.8. The van der Waals surface area contributed by atoms with E-state index in [1.165, 1.54) is 5.69 Å². The number of nitriles is 1. The van der Waals surface area contributed by atoms with Crippen LogP contribution in [0.4, 0.5) is 5.82 Å². The maximum atomic E-state index is 9.13. The molecule has 0 atom stereocenters. The molecular formula is C15H19N5. The van der Waals surface area contributed by atoms with Crippen LogP contribution in [0, 0.1) is 32.1 Å². The van der Waals surface area contributed by atoms with Crippen molar-refractivity contribution in [3.05, 3.63) is 40.8 Å². The van der Waals surface area contributed by atoms with Crippen molar-refractivity contribution in [3.63, 3.8) is 0 Å². The summed E-state index contributed by atoms with van der Waals surface area (Å²) in [5.74, 6) is 0.667. The van der Waals surface area contributed by atoms with E-state index in [1.54, 1.807) is 6.20 Å². The van der Waals surface area contributed by atoms with Crippen molar-refractivity contribution in [2.45, 2.75) is 33.7 Å². The Kier molecular flexibility index (Phi) is 4.36. The summed E-state index contributed by atoms with van der Waals surface area (Å²) in [6.45, 7) is 7.60. The molecule has 2 aromatic rings. The van der Waals surface area contributed by atoms with Gasteiger partial charge in [0.25, 0.3) is 0 Å². The predicted molar refractivity (Wildman–Crippen MR) is 78.5 cm³/mol. The minimum Gasteiger partial charge on any atom is -0.369 e. The van der Waals surface area contributed by atoms with Crippen LogP contribution in [0.1, 0.15) is 28.9 Å². The number of nitrogens with zero attached hydrogens (tertiary/aromatic N) is 4. The van der Waals surface area contributed by atoms with E-state index in [2.05, 4.69) is 34.5 Å². The Morgan fingerprint density at radius 3 is 2.80 bits per heavy atom. The van der Waals surface area contributed by atoms with Gasteiger partial charge in [-0.2, -0.15) is 10.4 Å². The number of aromatic nitrogens is 3. The van der Waals surface area contributed by atoms with Gasteiger partial charge in [-0.3, -0.25) is 4.68 Å². The van der Waals surface area contributed by atoms with E-state index >= 15 is 0 Å². The zero-order chi connectivity index (χ0) is 14.5. The fourth-order valence-electron chi connectivity index (χ4n) is 2.17. The molecule has 0 aliphatic rings. The summed E-state index contributed by atoms with van der Waals surface area (Å²) < 4.78 is 2.01. The highest BCUT2D eigenvalue weighted by atomic mass is 15.3. The maximum absolute atomic E-state index is 9.13. The van der Waals surface area contributed by atoms with Crippen LogP contribution in [-0.4, -0.2) is 21.3 Å². The highest BCUT2D eigenvalue weighted by Crippen LogP contribution is 2.14. The van der Waals surface area contributed by atoms with Crippen molar-refractivity contribution in [1.82, 2.24) is 14.8 Å². The molecule has 5 nitrogen and oxygen atoms in total. The number of anilines is 1. The molecule has 0 saturated carbocycles. The zero-order valence-electron chi connectivity index (χ0n) is 12.1. The third kappa shape index (κ3) is 3.15. The van der Waals surface area contributed by atoms with Crippen LogP contribution >= 0.6 is 0 Å². The number of pyridine rings is 1. The molecule has 0 radical (unpaired) electrons. The molecule has 5 heteroatoms. The molecule has 0 aliphatic carbocycles. The topological polar surface area (TPSA) is 66.5 Å². The Balaban J connectivity index is 1.90. The van der Waals surface area contributed by atoms with E-state index in [-0.39, 0.29) is 0 Å². The van der Waals surface area contributed by atoms with Gasteiger partial charge in [0.1, 0.15) is 11.9 Å². The molecule has 2 rings (SSSR count). The summed E-state index contributed by atoms with van der Waals surface area (Å²) in [5.41, 5.74) is 3.79. The van der Waals surface area contributed by atoms with Gasteiger partial charge in [-0.05, 0) is 44.9 Å². The van der Waals surface area contributed by atoms with E-state index in [1.807, 2.05) is 24.6 Å². The highest BCUT2D eigenvalue weighted by molar-refractivity contribution is 5.55. The Morgan fingerprint density at radius 2 is 2.15 bits per heavy atom. The van der Waals surface area contributed by atoms with Gasteiger partial charge in [-0.1, -0.05) is 0 Å². The molecule has 20 heavy (non-hydrogen) atoms. The first-order valence-electron chi connectivity index (χ1n) is 6.72. The van der Waals surface area contributed by atoms with Crippen LogP contribution in [0.25, 0.3) is 0 Å². The van der Waals surface area contributed by atoms with E-state index in [0.717, 1.165) is 30.8 Å². The molecule has 0 aromatic carbocycles. The molecule has 2 aromatic heterocycles. The molecule has 0 saturated heterocycles. The number of aryl methyl sites for hydroxylation is 4. The number of nitrogens with one attached hydrogen (secondary N) is 1. The fourth-order valence-corrected chi connectivity index (χ4v) is 2.17. The molecule has 1 N–H and O–H groups in total. The Labute approximate surface area is 119 Å². The van der Waals surface area contributed by atoms with Crippen LogP contribution in [0.3, 0.4) is 0 Å². The lowest BCUT2D eigenvalue weighted by Gasteiger charge is -2.09. The first-order valence-corrected chi connectivity index (χ1v) is 6.72. The van der Waals surface area contributed by atoms with Crippen LogP contribution in [0.5, 0.6) is 0 Å². The van der Waals surface area contributed by atoms with Gasteiger partial charge in [0.15, 0.2) is 0 Å². The van der Waals surface area contributed by atoms with Gasteiger partial charge >= 0.3 is 0 Å². The molecular weight excluding hydrogens is 250 g/mol. The van der Waals surface area contributed by atoms with Crippen molar-refractivity contribution in [3.8, 4) is 6.07 Å². The Hall–Kier alpha value is -2.35. The average molecular weight is 269 g/mol. The molecule has 0 spiro atoms. The van der Waals surface area contributed by atoms with Gasteiger partial charge < -0.3 is 5.32 Å². The fraction of sp³-hybridized carbons (Fsp3) is 0.400. The zero-order valence-corrected chi connectivity index (χ0v) is 12.1. The van der Waals surface area contributed by atoms with E-state index < -0.39 is 0 Å². The number of rotatable bonds is 5. The van der Waals surface area contributed by atoms with Crippen molar-refractivity contribution < 1.29 is 0 Å². The second kappa shape index (κ2) is 6.20. The molecule has 2 heterocycles. The third-order valence-corrected chi connectivity index (χ3v) is 3.21. The summed E-state index contributed by atoms with van der Waals surface area (Å²) in [6.07, 6.45) is 2.65. The summed E-state index contributed by atoms with van der Waals surface area (Å²) >= 11 is 0. The van der Waals surface area contributed by atoms with Crippen molar-refractivity contribution in [2.75, 3.05) is 11.9 Å². The quantitative estimate of drug-likeness (QED) is 0.847. The lowest BCUT2D eigenvalue weighted by Crippen LogP contribution is -2.10. The molecule has 0 amide bonds. The molecule has 104 valence electrons. The van der Waals surface area contributed by atoms with Gasteiger partial charge in [0.2, 0.25) is 0 Å². The molecule has 0 bridgehead atoms. The Bertz CT molecular complexity index is 636. The number of hydrogen-bond donors (Lipinski definition) is 1. The third-order valence-electron chi connectivity index (χ3n) is 3.21. The summed E-state index contributed by atoms with van der Waals surface area (Å²) in [6, 6.07) is 6.11. The summed E-state index contributed by atoms with van der Waals surface area (Å²) in [4.78, 5) is 4.22. The van der Waals surface area contributed by atoms with Gasteiger partial charge in [0, 0.05) is 25.0 Å². The summed E-state index contributed by atoms with van der Waals surface area (Å²) in [7, 11) is 0. The van der Waals surface area contributed by atoms with E-state index in [0.29, 0.717) is 11.4 Å². The minimum atomic E-state index is 0.624. The maximum Gasteiger partial charge on any atom is 0.144 e. The average Bonchev–Trinajstić information content (AvgIpc) is 2.73. The predicted octanol–water partition coefficient (Wildman–Crippen LogP) is 2.58. The van der Waals surface area contributed by atoms with Crippen molar-refractivity contribution in [1.29, 1.82) is 5.26 Å². The van der Waals surface area contributed by atoms with Crippen LogP contribution in [-0.2, 0) is 6.54 Å². The molecule has 0 unspecified atom stereocenters. The normalized spacial score (nSPS) is 10.3. The van der Waals surface area contributed by atoms with Gasteiger partial charge in [-0.15, -0.1) is 0 Å². The largest absolute Gasteiger partial charge is 0.369 e. The highest BCUT2D eigenvalue weighted by Gasteiger charge is 2.06. The van der Waals surface area contributed by atoms with E-state index in [4.69, 9.17) is 5.26 Å². The monoisotopic (exact) mass is 269 g/mol. The smallest absolute Gasteiger partial charge is 0.144 e. The standard InChI is InChI=1S/C15H19N5/c1-11-5-7-18-15(14(11)10-16)17-6-4-8-20-13(3)9-12(2)19-20/h5,7,9H,4,6,8H2,1-3H3,(H,17,18). The first-order chi connectivity index (χ1) is 9.61. The van der Waals surface area contributed by atoms with Gasteiger partial charge in [0.05, 0.1) is 11.3 Å². The lowest BCUT2D eigenvalue weighted by atomic mass is 10.1. The van der Waals surface area contributed by atoms with Gasteiger partial charge in [-0.25, -0.2) is 4.98 Å². The first kappa shape index (κ1) is 14.1. The van der Waals surface area contributed by atoms with Crippen LogP contribution in [0.15, 0.2) is 18.3 Å². The van der Waals surface area contributed by atoms with Crippen molar-refractivity contribution >= 4 is 5.82 Å². The van der Waals surface area contributed by atoms with E-state index in [9.17, 15) is 0 Å². The second-order valence-corrected chi connectivity index (χ2v) is 4.89. The molecule has 0 aliphatic heterocycles. The van der Waals surface area contributed by atoms with Crippen LogP contribution in [0.2, 0.25) is 0 Å². The lowest BCUT2D eigenvalue weighted by molar-refractivity contribution is 0.573. The Morgan fingerprint density at radius 1 is 1.35 bits per heavy atom. The SMILES string of the molecule is Cc1cc(C)n(CCCNc2nccc(C)c2C#N)n1. The number of hydrogen-bond acceptors (Lipinski definition) is 4.